The van der Waals surface area contributed by atoms with E-state index in [9.17, 15) is 9.90 Å². The van der Waals surface area contributed by atoms with Gasteiger partial charge in [0.1, 0.15) is 0 Å². The Balaban J connectivity index is 4.36. The molecule has 0 unspecified atom stereocenters. The molecule has 70 valence electrons. The Kier molecular flexibility index (Phi) is 3.96. The highest BCUT2D eigenvalue weighted by Gasteiger charge is 2.35. The Labute approximate surface area is 73.0 Å². The molecule has 0 aliphatic heterocycles. The van der Waals surface area contributed by atoms with Crippen molar-refractivity contribution < 1.29 is 14.6 Å². The molecule has 0 rings (SSSR count). The fourth-order valence-corrected chi connectivity index (χ4v) is 0.852. The van der Waals surface area contributed by atoms with Gasteiger partial charge in [-0.1, -0.05) is 6.08 Å². The molecule has 0 aliphatic rings. The summed E-state index contributed by atoms with van der Waals surface area (Å²) in [6.07, 6.45) is 1.24. The van der Waals surface area contributed by atoms with Crippen LogP contribution >= 0.6 is 0 Å². The number of methoxy groups -OCH3 is 1. The molecule has 0 radical (unpaired) electrons. The highest BCUT2D eigenvalue weighted by atomic mass is 16.5. The molecule has 0 aromatic carbocycles. The molecular formula is C9H16O3. The van der Waals surface area contributed by atoms with Crippen LogP contribution in [0.3, 0.4) is 0 Å². The summed E-state index contributed by atoms with van der Waals surface area (Å²) in [6, 6.07) is 0. The average molecular weight is 172 g/mol. The van der Waals surface area contributed by atoms with E-state index in [0.717, 1.165) is 0 Å². The molecule has 0 heterocycles. The van der Waals surface area contributed by atoms with E-state index in [1.54, 1.807) is 19.9 Å². The van der Waals surface area contributed by atoms with Crippen LogP contribution in [0.5, 0.6) is 0 Å². The fourth-order valence-electron chi connectivity index (χ4n) is 0.852. The molecular weight excluding hydrogens is 156 g/mol. The van der Waals surface area contributed by atoms with Crippen LogP contribution in [0.2, 0.25) is 0 Å². The predicted molar refractivity (Wildman–Crippen MR) is 46.6 cm³/mol. The van der Waals surface area contributed by atoms with Crippen molar-refractivity contribution in [3.63, 3.8) is 0 Å². The van der Waals surface area contributed by atoms with E-state index < -0.39 is 17.5 Å². The summed E-state index contributed by atoms with van der Waals surface area (Å²) in [5, 5.41) is 9.51. The summed E-state index contributed by atoms with van der Waals surface area (Å²) in [7, 11) is 1.31. The third-order valence-electron chi connectivity index (χ3n) is 1.93. The summed E-state index contributed by atoms with van der Waals surface area (Å²) >= 11 is 0. The first-order chi connectivity index (χ1) is 5.46. The smallest absolute Gasteiger partial charge is 0.313 e. The lowest BCUT2D eigenvalue weighted by Gasteiger charge is -2.26. The van der Waals surface area contributed by atoms with Gasteiger partial charge in [0.25, 0.3) is 0 Å². The molecule has 0 spiro atoms. The number of hydrogen-bond donors (Lipinski definition) is 1. The zero-order valence-corrected chi connectivity index (χ0v) is 7.83. The van der Waals surface area contributed by atoms with Gasteiger partial charge in [0.15, 0.2) is 0 Å². The van der Waals surface area contributed by atoms with E-state index in [2.05, 4.69) is 11.3 Å². The van der Waals surface area contributed by atoms with E-state index in [0.29, 0.717) is 6.42 Å². The van der Waals surface area contributed by atoms with Gasteiger partial charge in [0.05, 0.1) is 18.6 Å². The van der Waals surface area contributed by atoms with Gasteiger partial charge >= 0.3 is 5.97 Å². The zero-order chi connectivity index (χ0) is 9.78. The second kappa shape index (κ2) is 4.26. The van der Waals surface area contributed by atoms with Crippen molar-refractivity contribution in [2.24, 2.45) is 5.41 Å². The van der Waals surface area contributed by atoms with Crippen LogP contribution in [0.1, 0.15) is 20.3 Å². The highest BCUT2D eigenvalue weighted by Crippen LogP contribution is 2.24. The van der Waals surface area contributed by atoms with Crippen LogP contribution < -0.4 is 0 Å². The second-order valence-electron chi connectivity index (χ2n) is 3.25. The van der Waals surface area contributed by atoms with E-state index in [1.165, 1.54) is 7.11 Å². The molecule has 0 aromatic rings. The fraction of sp³-hybridized carbons (Fsp3) is 0.667. The molecule has 0 fully saturated rings. The van der Waals surface area contributed by atoms with E-state index in [4.69, 9.17) is 0 Å². The van der Waals surface area contributed by atoms with Gasteiger partial charge < -0.3 is 9.84 Å². The van der Waals surface area contributed by atoms with E-state index in [-0.39, 0.29) is 0 Å². The normalized spacial score (nSPS) is 13.7. The zero-order valence-electron chi connectivity index (χ0n) is 7.83. The quantitative estimate of drug-likeness (QED) is 0.510. The summed E-state index contributed by atoms with van der Waals surface area (Å²) < 4.78 is 4.55. The SMILES string of the molecule is C=CC[C@@H](O)C(C)(C)C(=O)OC. The van der Waals surface area contributed by atoms with Crippen molar-refractivity contribution in [3.8, 4) is 0 Å². The van der Waals surface area contributed by atoms with Crippen molar-refractivity contribution in [3.05, 3.63) is 12.7 Å². The molecule has 0 saturated carbocycles. The van der Waals surface area contributed by atoms with Gasteiger partial charge in [-0.05, 0) is 20.3 Å². The summed E-state index contributed by atoms with van der Waals surface area (Å²) in [6.45, 7) is 6.78. The summed E-state index contributed by atoms with van der Waals surface area (Å²) in [4.78, 5) is 11.1. The molecule has 1 N–H and O–H groups in total. The molecule has 3 nitrogen and oxygen atoms in total. The summed E-state index contributed by atoms with van der Waals surface area (Å²) in [5.41, 5.74) is -0.858. The predicted octanol–water partition coefficient (Wildman–Crippen LogP) is 1.12. The van der Waals surface area contributed by atoms with Gasteiger partial charge in [-0.25, -0.2) is 0 Å². The first-order valence-corrected chi connectivity index (χ1v) is 3.84. The number of hydrogen-bond acceptors (Lipinski definition) is 3. The topological polar surface area (TPSA) is 46.5 Å². The average Bonchev–Trinajstić information content (AvgIpc) is 2.03. The first-order valence-electron chi connectivity index (χ1n) is 3.84. The minimum absolute atomic E-state index is 0.391. The number of aliphatic hydroxyl groups excluding tert-OH is 1. The lowest BCUT2D eigenvalue weighted by Crippen LogP contribution is -2.37. The molecule has 1 atom stereocenters. The Bertz CT molecular complexity index is 173. The van der Waals surface area contributed by atoms with Crippen LogP contribution in [0.15, 0.2) is 12.7 Å². The van der Waals surface area contributed by atoms with Crippen LogP contribution in [0.4, 0.5) is 0 Å². The standard InChI is InChI=1S/C9H16O3/c1-5-6-7(10)9(2,3)8(11)12-4/h5,7,10H,1,6H2,2-4H3/t7-/m1/s1. The van der Waals surface area contributed by atoms with Gasteiger partial charge in [-0.15, -0.1) is 6.58 Å². The number of carbonyl (C=O) groups excluding carboxylic acids is 1. The number of esters is 1. The van der Waals surface area contributed by atoms with Crippen LogP contribution in [-0.4, -0.2) is 24.3 Å². The van der Waals surface area contributed by atoms with Gasteiger partial charge in [-0.3, -0.25) is 4.79 Å². The van der Waals surface area contributed by atoms with E-state index in [1.807, 2.05) is 0 Å². The summed E-state index contributed by atoms with van der Waals surface area (Å²) in [5.74, 6) is -0.406. The number of ether oxygens (including phenoxy) is 1. The molecule has 12 heavy (non-hydrogen) atoms. The molecule has 0 aliphatic carbocycles. The Morgan fingerprint density at radius 1 is 1.75 bits per heavy atom. The monoisotopic (exact) mass is 172 g/mol. The van der Waals surface area contributed by atoms with Gasteiger partial charge in [-0.2, -0.15) is 0 Å². The maximum Gasteiger partial charge on any atom is 0.313 e. The molecule has 0 aromatic heterocycles. The largest absolute Gasteiger partial charge is 0.469 e. The molecule has 0 bridgehead atoms. The minimum atomic E-state index is -0.858. The van der Waals surface area contributed by atoms with Crippen molar-refractivity contribution in [1.82, 2.24) is 0 Å². The van der Waals surface area contributed by atoms with Crippen molar-refractivity contribution >= 4 is 5.97 Å². The highest BCUT2D eigenvalue weighted by molar-refractivity contribution is 5.76. The number of carbonyl (C=O) groups is 1. The van der Waals surface area contributed by atoms with Crippen LogP contribution in [0.25, 0.3) is 0 Å². The third kappa shape index (κ3) is 2.34. The van der Waals surface area contributed by atoms with Crippen LogP contribution in [-0.2, 0) is 9.53 Å². The Morgan fingerprint density at radius 3 is 2.58 bits per heavy atom. The lowest BCUT2D eigenvalue weighted by atomic mass is 9.85. The van der Waals surface area contributed by atoms with E-state index >= 15 is 0 Å². The molecule has 0 saturated heterocycles. The Hall–Kier alpha value is -0.830. The maximum absolute atomic E-state index is 11.1. The number of aliphatic hydroxyl groups is 1. The maximum atomic E-state index is 11.1. The van der Waals surface area contributed by atoms with Gasteiger partial charge in [0.2, 0.25) is 0 Å². The molecule has 0 amide bonds. The minimum Gasteiger partial charge on any atom is -0.469 e. The van der Waals surface area contributed by atoms with Gasteiger partial charge in [0, 0.05) is 0 Å². The Morgan fingerprint density at radius 2 is 2.25 bits per heavy atom. The first kappa shape index (κ1) is 11.2. The second-order valence-corrected chi connectivity index (χ2v) is 3.25. The van der Waals surface area contributed by atoms with Crippen LogP contribution in [0, 0.1) is 5.41 Å². The number of rotatable bonds is 4. The van der Waals surface area contributed by atoms with Crippen molar-refractivity contribution in [2.45, 2.75) is 26.4 Å². The van der Waals surface area contributed by atoms with Crippen molar-refractivity contribution in [1.29, 1.82) is 0 Å². The van der Waals surface area contributed by atoms with Crippen molar-refractivity contribution in [2.75, 3.05) is 7.11 Å². The molecule has 3 heteroatoms. The third-order valence-corrected chi connectivity index (χ3v) is 1.93. The lowest BCUT2D eigenvalue weighted by molar-refractivity contribution is -0.157.